The molecule has 0 amide bonds. The molecule has 2 N–H and O–H groups in total. The molecular formula is C15H15F3N2O2S. The Morgan fingerprint density at radius 2 is 1.78 bits per heavy atom. The molecule has 0 radical (unpaired) electrons. The summed E-state index contributed by atoms with van der Waals surface area (Å²) in [6.07, 6.45) is -4.00. The lowest BCUT2D eigenvalue weighted by atomic mass is 10.1. The molecule has 1 heterocycles. The molecule has 0 saturated carbocycles. The normalized spacial score (nSPS) is 12.6. The molecule has 2 rings (SSSR count). The molecule has 8 heteroatoms. The van der Waals surface area contributed by atoms with Crippen LogP contribution in [0, 0.1) is 0 Å². The quantitative estimate of drug-likeness (QED) is 0.924. The third-order valence-electron chi connectivity index (χ3n) is 3.33. The highest BCUT2D eigenvalue weighted by atomic mass is 32.2. The maximum absolute atomic E-state index is 12.7. The van der Waals surface area contributed by atoms with E-state index in [9.17, 15) is 21.6 Å². The predicted octanol–water partition coefficient (Wildman–Crippen LogP) is 3.53. The van der Waals surface area contributed by atoms with Crippen LogP contribution in [0.15, 0.2) is 41.4 Å². The minimum Gasteiger partial charge on any atom is -0.398 e. The Bertz CT molecular complexity index is 831. The van der Waals surface area contributed by atoms with Gasteiger partial charge in [0, 0.05) is 17.4 Å². The SMILES string of the molecule is CC(C)S(=O)(=O)c1ccccc1-c1cc(N)c(C(F)(F)F)cn1. The Balaban J connectivity index is 2.64. The lowest BCUT2D eigenvalue weighted by molar-refractivity contribution is -0.137. The van der Waals surface area contributed by atoms with Gasteiger partial charge in [-0.1, -0.05) is 18.2 Å². The van der Waals surface area contributed by atoms with E-state index in [2.05, 4.69) is 4.98 Å². The molecule has 4 nitrogen and oxygen atoms in total. The molecule has 0 bridgehead atoms. The van der Waals surface area contributed by atoms with Gasteiger partial charge < -0.3 is 5.73 Å². The Hall–Kier alpha value is -2.09. The molecule has 0 spiro atoms. The van der Waals surface area contributed by atoms with Crippen molar-refractivity contribution in [3.63, 3.8) is 0 Å². The molecule has 0 fully saturated rings. The number of sulfone groups is 1. The lowest BCUT2D eigenvalue weighted by Gasteiger charge is -2.14. The number of hydrogen-bond acceptors (Lipinski definition) is 4. The summed E-state index contributed by atoms with van der Waals surface area (Å²) >= 11 is 0. The number of rotatable bonds is 3. The maximum atomic E-state index is 12.7. The van der Waals surface area contributed by atoms with Crippen LogP contribution in [0.3, 0.4) is 0 Å². The van der Waals surface area contributed by atoms with Crippen molar-refractivity contribution in [2.75, 3.05) is 5.73 Å². The highest BCUT2D eigenvalue weighted by molar-refractivity contribution is 7.92. The fraction of sp³-hybridized carbons (Fsp3) is 0.267. The third kappa shape index (κ3) is 3.31. The standard InChI is InChI=1S/C15H15F3N2O2S/c1-9(2)23(21,22)14-6-4-3-5-10(14)13-7-12(19)11(8-20-13)15(16,17)18/h3-9H,1-2H3,(H2,19,20). The smallest absolute Gasteiger partial charge is 0.398 e. The van der Waals surface area contributed by atoms with Crippen molar-refractivity contribution in [2.45, 2.75) is 30.2 Å². The number of alkyl halides is 3. The van der Waals surface area contributed by atoms with E-state index in [0.717, 1.165) is 6.07 Å². The number of benzene rings is 1. The van der Waals surface area contributed by atoms with Crippen LogP contribution < -0.4 is 5.73 Å². The molecule has 0 aliphatic carbocycles. The van der Waals surface area contributed by atoms with E-state index in [1.54, 1.807) is 12.1 Å². The first-order valence-corrected chi connectivity index (χ1v) is 8.25. The van der Waals surface area contributed by atoms with Gasteiger partial charge in [-0.05, 0) is 26.0 Å². The molecule has 0 saturated heterocycles. The minimum absolute atomic E-state index is 0.0154. The highest BCUT2D eigenvalue weighted by Gasteiger charge is 2.34. The van der Waals surface area contributed by atoms with Gasteiger partial charge in [0.25, 0.3) is 0 Å². The molecule has 0 aliphatic heterocycles. The van der Waals surface area contributed by atoms with Gasteiger partial charge in [0.1, 0.15) is 0 Å². The van der Waals surface area contributed by atoms with Crippen molar-refractivity contribution < 1.29 is 21.6 Å². The topological polar surface area (TPSA) is 73.0 Å². The van der Waals surface area contributed by atoms with Crippen LogP contribution in [0.25, 0.3) is 11.3 Å². The Labute approximate surface area is 132 Å². The summed E-state index contributed by atoms with van der Waals surface area (Å²) < 4.78 is 63.0. The van der Waals surface area contributed by atoms with Crippen molar-refractivity contribution in [3.05, 3.63) is 42.1 Å². The molecule has 0 aliphatic rings. The summed E-state index contributed by atoms with van der Waals surface area (Å²) in [5, 5.41) is -0.671. The first-order chi connectivity index (χ1) is 10.5. The number of halogens is 3. The van der Waals surface area contributed by atoms with E-state index in [1.165, 1.54) is 26.0 Å². The van der Waals surface area contributed by atoms with E-state index in [4.69, 9.17) is 5.73 Å². The number of nitrogens with two attached hydrogens (primary N) is 1. The van der Waals surface area contributed by atoms with Crippen LogP contribution >= 0.6 is 0 Å². The number of aromatic nitrogens is 1. The van der Waals surface area contributed by atoms with Gasteiger partial charge in [-0.25, -0.2) is 8.42 Å². The second kappa shape index (κ2) is 5.84. The van der Waals surface area contributed by atoms with Gasteiger partial charge in [0.05, 0.1) is 21.4 Å². The van der Waals surface area contributed by atoms with Crippen LogP contribution in [0.1, 0.15) is 19.4 Å². The van der Waals surface area contributed by atoms with Crippen molar-refractivity contribution in [2.24, 2.45) is 0 Å². The summed E-state index contributed by atoms with van der Waals surface area (Å²) in [4.78, 5) is 3.76. The second-order valence-corrected chi connectivity index (χ2v) is 7.72. The van der Waals surface area contributed by atoms with Crippen LogP contribution in [0.4, 0.5) is 18.9 Å². The van der Waals surface area contributed by atoms with Crippen LogP contribution in [0.2, 0.25) is 0 Å². The molecule has 2 aromatic rings. The highest BCUT2D eigenvalue weighted by Crippen LogP contribution is 2.36. The van der Waals surface area contributed by atoms with Crippen molar-refractivity contribution in [1.29, 1.82) is 0 Å². The molecule has 124 valence electrons. The lowest BCUT2D eigenvalue weighted by Crippen LogP contribution is -2.15. The second-order valence-electron chi connectivity index (χ2n) is 5.24. The fourth-order valence-electron chi connectivity index (χ4n) is 2.04. The monoisotopic (exact) mass is 344 g/mol. The largest absolute Gasteiger partial charge is 0.419 e. The average molecular weight is 344 g/mol. The summed E-state index contributed by atoms with van der Waals surface area (Å²) in [6.45, 7) is 3.06. The minimum atomic E-state index is -4.61. The number of hydrogen-bond donors (Lipinski definition) is 1. The van der Waals surface area contributed by atoms with Crippen LogP contribution in [0.5, 0.6) is 0 Å². The van der Waals surface area contributed by atoms with Crippen molar-refractivity contribution in [1.82, 2.24) is 4.98 Å². The van der Waals surface area contributed by atoms with Crippen molar-refractivity contribution in [3.8, 4) is 11.3 Å². The molecule has 0 unspecified atom stereocenters. The first-order valence-electron chi connectivity index (χ1n) is 6.71. The zero-order chi connectivity index (χ0) is 17.4. The molecule has 23 heavy (non-hydrogen) atoms. The van der Waals surface area contributed by atoms with Gasteiger partial charge in [0.15, 0.2) is 9.84 Å². The van der Waals surface area contributed by atoms with Crippen LogP contribution in [-0.2, 0) is 16.0 Å². The fourth-order valence-corrected chi connectivity index (χ4v) is 3.29. The molecule has 1 aromatic carbocycles. The van der Waals surface area contributed by atoms with Gasteiger partial charge in [-0.2, -0.15) is 13.2 Å². The molecule has 1 aromatic heterocycles. The predicted molar refractivity (Wildman–Crippen MR) is 81.4 cm³/mol. The zero-order valence-corrected chi connectivity index (χ0v) is 13.2. The van der Waals surface area contributed by atoms with Gasteiger partial charge in [-0.3, -0.25) is 4.98 Å². The van der Waals surface area contributed by atoms with Gasteiger partial charge in [-0.15, -0.1) is 0 Å². The summed E-state index contributed by atoms with van der Waals surface area (Å²) in [5.41, 5.74) is 4.21. The maximum Gasteiger partial charge on any atom is 0.419 e. The van der Waals surface area contributed by atoms with E-state index >= 15 is 0 Å². The first kappa shape index (κ1) is 17.3. The molecular weight excluding hydrogens is 329 g/mol. The summed E-state index contributed by atoms with van der Waals surface area (Å²) in [6, 6.07) is 7.07. The van der Waals surface area contributed by atoms with E-state index in [0.29, 0.717) is 6.20 Å². The van der Waals surface area contributed by atoms with Gasteiger partial charge >= 0.3 is 6.18 Å². The zero-order valence-electron chi connectivity index (χ0n) is 12.4. The summed E-state index contributed by atoms with van der Waals surface area (Å²) in [5.74, 6) is 0. The third-order valence-corrected chi connectivity index (χ3v) is 5.54. The average Bonchev–Trinajstić information content (AvgIpc) is 2.45. The number of pyridine rings is 1. The Morgan fingerprint density at radius 3 is 2.30 bits per heavy atom. The van der Waals surface area contributed by atoms with Crippen molar-refractivity contribution >= 4 is 15.5 Å². The Kier molecular flexibility index (Phi) is 4.39. The van der Waals surface area contributed by atoms with Gasteiger partial charge in [0.2, 0.25) is 0 Å². The summed E-state index contributed by atoms with van der Waals surface area (Å²) in [7, 11) is -3.61. The van der Waals surface area contributed by atoms with E-state index in [-0.39, 0.29) is 16.2 Å². The number of anilines is 1. The van der Waals surface area contributed by atoms with E-state index in [1.807, 2.05) is 0 Å². The Morgan fingerprint density at radius 1 is 1.17 bits per heavy atom. The number of nitrogens with zero attached hydrogens (tertiary/aromatic N) is 1. The van der Waals surface area contributed by atoms with Crippen LogP contribution in [-0.4, -0.2) is 18.7 Å². The van der Waals surface area contributed by atoms with E-state index < -0.39 is 32.5 Å². The molecule has 0 atom stereocenters. The number of nitrogen functional groups attached to an aromatic ring is 1.